The summed E-state index contributed by atoms with van der Waals surface area (Å²) in [7, 11) is 1.64. The summed E-state index contributed by atoms with van der Waals surface area (Å²) in [5.74, 6) is 1.94. The largest absolute Gasteiger partial charge is 0.488 e. The van der Waals surface area contributed by atoms with E-state index in [0.717, 1.165) is 122 Å². The maximum absolute atomic E-state index is 14.3. The van der Waals surface area contributed by atoms with Crippen LogP contribution in [-0.4, -0.2) is 159 Å². The van der Waals surface area contributed by atoms with Crippen LogP contribution in [0.2, 0.25) is 0 Å². The smallest absolute Gasteiger partial charge is 0.454 e. The molecule has 2 saturated carbocycles. The van der Waals surface area contributed by atoms with Crippen molar-refractivity contribution < 1.29 is 67.2 Å². The number of fused-ring (bicyclic) bond motifs is 2. The number of likely N-dealkylation sites (tertiary alicyclic amines) is 2. The lowest BCUT2D eigenvalue weighted by Gasteiger charge is -2.36. The number of halogens is 1. The summed E-state index contributed by atoms with van der Waals surface area (Å²) in [5.41, 5.74) is 2.93. The monoisotopic (exact) mass is 1310 g/mol. The topological polar surface area (TPSA) is 261 Å². The summed E-state index contributed by atoms with van der Waals surface area (Å²) in [6.07, 6.45) is 19.5. The van der Waals surface area contributed by atoms with E-state index in [0.29, 0.717) is 35.8 Å². The van der Waals surface area contributed by atoms with Gasteiger partial charge in [0.1, 0.15) is 35.4 Å². The third-order valence-corrected chi connectivity index (χ3v) is 17.8. The first-order valence-electron chi connectivity index (χ1n) is 31.6. The first-order chi connectivity index (χ1) is 42.8. The van der Waals surface area contributed by atoms with Crippen molar-refractivity contribution in [2.75, 3.05) is 40.8 Å². The number of carbonyl (C=O) groups is 6. The normalized spacial score (nSPS) is 19.3. The molecule has 4 aromatic rings. The van der Waals surface area contributed by atoms with Crippen LogP contribution < -0.4 is 35.0 Å². The molecule has 24 heteroatoms. The highest BCUT2D eigenvalue weighted by Gasteiger charge is 2.42. The number of aromatic nitrogens is 2. The van der Waals surface area contributed by atoms with Gasteiger partial charge in [-0.15, -0.1) is 0 Å². The summed E-state index contributed by atoms with van der Waals surface area (Å²) >= 11 is 3.48. The fourth-order valence-corrected chi connectivity index (χ4v) is 12.6. The lowest BCUT2D eigenvalue weighted by molar-refractivity contribution is -0.140. The Bertz CT molecular complexity index is 3150. The van der Waals surface area contributed by atoms with Crippen LogP contribution in [0.3, 0.4) is 0 Å². The molecule has 2 aliphatic carbocycles. The number of hydrogen-bond donors (Lipinski definition) is 4. The third-order valence-electron chi connectivity index (χ3n) is 17.4. The summed E-state index contributed by atoms with van der Waals surface area (Å²) in [6, 6.07) is 11.7. The third kappa shape index (κ3) is 18.1. The molecule has 488 valence electrons. The van der Waals surface area contributed by atoms with E-state index in [1.807, 2.05) is 52.7 Å². The molecule has 22 nitrogen and oxygen atoms in total. The molecule has 2 aromatic heterocycles. The molecule has 90 heavy (non-hydrogen) atoms. The number of hydrogen-bond acceptors (Lipinski definition) is 16. The number of nitrogens with zero attached hydrogens (tertiary/aromatic N) is 6. The molecule has 4 fully saturated rings. The van der Waals surface area contributed by atoms with Gasteiger partial charge in [0.15, 0.2) is 23.0 Å². The first-order valence-corrected chi connectivity index (χ1v) is 32.4. The summed E-state index contributed by atoms with van der Waals surface area (Å²) in [6.45, 7) is 15.7. The predicted octanol–water partition coefficient (Wildman–Crippen LogP) is 9.38. The van der Waals surface area contributed by atoms with Crippen molar-refractivity contribution in [2.45, 2.75) is 193 Å². The highest BCUT2D eigenvalue weighted by atomic mass is 79.9. The number of amides is 6. The average Bonchev–Trinajstić information content (AvgIpc) is 1.62. The van der Waals surface area contributed by atoms with Crippen molar-refractivity contribution in [1.82, 2.24) is 40.2 Å². The Morgan fingerprint density at radius 1 is 0.567 bits per heavy atom. The Labute approximate surface area is 537 Å². The van der Waals surface area contributed by atoms with E-state index < -0.39 is 54.7 Å². The van der Waals surface area contributed by atoms with Crippen molar-refractivity contribution in [3.63, 3.8) is 0 Å². The van der Waals surface area contributed by atoms with Crippen LogP contribution >= 0.6 is 15.9 Å². The molecule has 6 heterocycles. The maximum atomic E-state index is 14.3. The minimum absolute atomic E-state index is 0.0418. The van der Waals surface area contributed by atoms with Crippen molar-refractivity contribution in [3.8, 4) is 34.1 Å². The molecule has 4 N–H and O–H groups in total. The van der Waals surface area contributed by atoms with Gasteiger partial charge < -0.3 is 58.9 Å². The average molecular weight is 1310 g/mol. The van der Waals surface area contributed by atoms with E-state index in [-0.39, 0.29) is 61.1 Å². The second kappa shape index (κ2) is 30.8. The van der Waals surface area contributed by atoms with Crippen LogP contribution in [0, 0.1) is 11.8 Å². The van der Waals surface area contributed by atoms with Crippen LogP contribution in [0.15, 0.2) is 77.8 Å². The summed E-state index contributed by atoms with van der Waals surface area (Å²) in [5, 5.41) is 23.7. The van der Waals surface area contributed by atoms with Crippen LogP contribution in [0.1, 0.15) is 168 Å². The number of nitrogens with one attached hydrogen (secondary N) is 2. The number of ether oxygens (including phenoxy) is 6. The van der Waals surface area contributed by atoms with Gasteiger partial charge in [-0.05, 0) is 193 Å². The predicted molar refractivity (Wildman–Crippen MR) is 341 cm³/mol. The van der Waals surface area contributed by atoms with Crippen molar-refractivity contribution in [2.24, 2.45) is 11.8 Å². The van der Waals surface area contributed by atoms with E-state index in [9.17, 15) is 28.8 Å². The van der Waals surface area contributed by atoms with Gasteiger partial charge in [0.05, 0.1) is 12.1 Å². The van der Waals surface area contributed by atoms with Crippen molar-refractivity contribution >= 4 is 64.3 Å². The molecule has 0 spiro atoms. The lowest BCUT2D eigenvalue weighted by atomic mass is 9.80. The van der Waals surface area contributed by atoms with Gasteiger partial charge in [-0.2, -0.15) is 0 Å². The molecule has 2 aromatic carbocycles. The zero-order chi connectivity index (χ0) is 65.0. The Kier molecular flexibility index (Phi) is 23.5. The number of pyridine rings is 2. The summed E-state index contributed by atoms with van der Waals surface area (Å²) in [4.78, 5) is 95.4. The van der Waals surface area contributed by atoms with Gasteiger partial charge in [-0.3, -0.25) is 38.9 Å². The molecule has 6 amide bonds. The number of likely N-dealkylation sites (N-methyl/N-ethyl adjacent to an activating group) is 2. The lowest BCUT2D eigenvalue weighted by Crippen LogP contribution is -2.56. The highest BCUT2D eigenvalue weighted by Crippen LogP contribution is 2.40. The Balaban J connectivity index is 0.000000198. The van der Waals surface area contributed by atoms with Crippen LogP contribution in [0.4, 0.5) is 9.59 Å². The molecule has 0 radical (unpaired) electrons. The van der Waals surface area contributed by atoms with Gasteiger partial charge in [0, 0.05) is 62.0 Å². The van der Waals surface area contributed by atoms with Gasteiger partial charge in [0.2, 0.25) is 37.2 Å². The highest BCUT2D eigenvalue weighted by molar-refractivity contribution is 9.10. The number of carbonyl (C=O) groups excluding carboxylic acids is 6. The van der Waals surface area contributed by atoms with E-state index in [4.69, 9.17) is 38.5 Å². The SMILES string of the molecule is C[C@@H](C(=O)N[C@H](C(=O)N1CCC[C@H]1c1cncc(-c2ccc3c(c2)OCO3)c1)C1CCCCC1)N(C)C(=O)OC(C)(C)C.C[C@@H](C(=O)N[C@H](C(=O)N1CCC[C@H]1c1cncc(Br)c1)C1CCCCC1)N(C)C(=O)OC(C)(C)C.OB(O)c1ccc2c(c1)OCO2. The molecule has 6 atom stereocenters. The van der Waals surface area contributed by atoms with E-state index in [1.54, 1.807) is 93.9 Å². The molecule has 4 aliphatic heterocycles. The standard InChI is InChI=1S/C33H44N4O6.C26H39BrN4O4.C7H7BO4/c1-21(36(5)32(40)43-33(2,3)4)30(38)35-29(22-10-7-6-8-11-22)31(39)37-15-9-12-26(37)25-16-24(18-34-19-25)23-13-14-27-28(17-23)42-20-41-27;1-17(30(5)25(34)35-26(2,3)4)23(32)29-22(18-10-7-6-8-11-18)24(33)31-13-9-12-21(31)19-14-20(27)16-28-15-19;9-8(10)5-1-2-6-7(3-5)12-4-11-6/h13-14,16-19,21-22,26,29H,6-12,15,20H2,1-5H3,(H,35,38);14-18,21-22H,6-13H2,1-5H3,(H,29,32);1-3,9-10H,4H2/t21-,26-,29-;17-,21-,22-;/m00./s1. The van der Waals surface area contributed by atoms with Gasteiger partial charge >= 0.3 is 19.3 Å². The second-order valence-corrected chi connectivity index (χ2v) is 27.1. The van der Waals surface area contributed by atoms with Crippen LogP contribution in [-0.2, 0) is 28.7 Å². The van der Waals surface area contributed by atoms with Crippen LogP contribution in [0.5, 0.6) is 23.0 Å². The number of benzene rings is 2. The fraction of sp³-hybridized carbons (Fsp3) is 0.576. The molecule has 0 unspecified atom stereocenters. The summed E-state index contributed by atoms with van der Waals surface area (Å²) < 4.78 is 32.9. The van der Waals surface area contributed by atoms with Gasteiger partial charge in [-0.25, -0.2) is 9.59 Å². The Hall–Kier alpha value is -7.18. The molecule has 2 saturated heterocycles. The van der Waals surface area contributed by atoms with Crippen molar-refractivity contribution in [1.29, 1.82) is 0 Å². The maximum Gasteiger partial charge on any atom is 0.488 e. The van der Waals surface area contributed by atoms with Crippen molar-refractivity contribution in [3.05, 3.63) is 88.9 Å². The van der Waals surface area contributed by atoms with Crippen LogP contribution in [0.25, 0.3) is 11.1 Å². The molecular formula is C66H90BBrN8O14. The Morgan fingerprint density at radius 2 is 1.00 bits per heavy atom. The molecule has 0 bridgehead atoms. The van der Waals surface area contributed by atoms with E-state index >= 15 is 0 Å². The minimum Gasteiger partial charge on any atom is -0.454 e. The second-order valence-electron chi connectivity index (χ2n) is 26.2. The van der Waals surface area contributed by atoms with Gasteiger partial charge in [0.25, 0.3) is 0 Å². The first kappa shape index (κ1) is 68.7. The fourth-order valence-electron chi connectivity index (χ4n) is 12.3. The molecule has 6 aliphatic rings. The molecular weight excluding hydrogens is 1220 g/mol. The molecule has 10 rings (SSSR count). The van der Waals surface area contributed by atoms with Gasteiger partial charge in [-0.1, -0.05) is 50.7 Å². The Morgan fingerprint density at radius 3 is 1.46 bits per heavy atom. The zero-order valence-corrected chi connectivity index (χ0v) is 55.3. The van der Waals surface area contributed by atoms with E-state index in [1.165, 1.54) is 9.80 Å². The quantitative estimate of drug-likeness (QED) is 0.0857. The minimum atomic E-state index is -1.46. The van der Waals surface area contributed by atoms with E-state index in [2.05, 4.69) is 42.6 Å². The number of rotatable bonds is 14. The zero-order valence-electron chi connectivity index (χ0n) is 53.7.